The molecule has 110 valence electrons. The minimum absolute atomic E-state index is 0.0441. The standard InChI is InChI=1S/C14H17F3N2O/c15-14(16,17)11-6-1-2-7-12(11)19-13(20)9-4-3-5-10(18)8-9/h1-2,6-7,9-10H,3-5,8,18H2,(H,19,20). The van der Waals surface area contributed by atoms with Gasteiger partial charge < -0.3 is 11.1 Å². The van der Waals surface area contributed by atoms with Crippen LogP contribution in [-0.4, -0.2) is 11.9 Å². The lowest BCUT2D eigenvalue weighted by Gasteiger charge is -2.26. The van der Waals surface area contributed by atoms with E-state index in [9.17, 15) is 18.0 Å². The van der Waals surface area contributed by atoms with Gasteiger partial charge in [-0.05, 0) is 31.4 Å². The number of benzene rings is 1. The smallest absolute Gasteiger partial charge is 0.328 e. The topological polar surface area (TPSA) is 55.1 Å². The van der Waals surface area contributed by atoms with E-state index in [4.69, 9.17) is 5.73 Å². The number of carbonyl (C=O) groups is 1. The van der Waals surface area contributed by atoms with Crippen molar-refractivity contribution in [3.63, 3.8) is 0 Å². The molecule has 0 radical (unpaired) electrons. The minimum atomic E-state index is -4.48. The minimum Gasteiger partial charge on any atom is -0.328 e. The predicted octanol–water partition coefficient (Wildman–Crippen LogP) is 3.16. The molecule has 1 aliphatic carbocycles. The van der Waals surface area contributed by atoms with Crippen molar-refractivity contribution in [2.24, 2.45) is 11.7 Å². The number of rotatable bonds is 2. The van der Waals surface area contributed by atoms with Crippen LogP contribution in [0.15, 0.2) is 24.3 Å². The summed E-state index contributed by atoms with van der Waals surface area (Å²) in [5.41, 5.74) is 4.78. The third kappa shape index (κ3) is 3.50. The van der Waals surface area contributed by atoms with Crippen LogP contribution in [0.4, 0.5) is 18.9 Å². The fourth-order valence-electron chi connectivity index (χ4n) is 2.54. The van der Waals surface area contributed by atoms with Crippen LogP contribution in [0.1, 0.15) is 31.2 Å². The van der Waals surface area contributed by atoms with E-state index in [1.165, 1.54) is 18.2 Å². The van der Waals surface area contributed by atoms with Crippen LogP contribution in [0.2, 0.25) is 0 Å². The average molecular weight is 286 g/mol. The number of alkyl halides is 3. The Balaban J connectivity index is 2.12. The van der Waals surface area contributed by atoms with Crippen molar-refractivity contribution in [2.75, 3.05) is 5.32 Å². The number of hydrogen-bond acceptors (Lipinski definition) is 2. The number of hydrogen-bond donors (Lipinski definition) is 2. The molecule has 6 heteroatoms. The van der Waals surface area contributed by atoms with Crippen molar-refractivity contribution >= 4 is 11.6 Å². The summed E-state index contributed by atoms with van der Waals surface area (Å²) in [5.74, 6) is -0.683. The Bertz CT molecular complexity index is 488. The molecule has 3 nitrogen and oxygen atoms in total. The second-order valence-electron chi connectivity index (χ2n) is 5.16. The summed E-state index contributed by atoms with van der Waals surface area (Å²) in [6, 6.07) is 4.95. The first kappa shape index (κ1) is 14.8. The quantitative estimate of drug-likeness (QED) is 0.877. The summed E-state index contributed by atoms with van der Waals surface area (Å²) in [4.78, 5) is 12.1. The summed E-state index contributed by atoms with van der Waals surface area (Å²) in [6.07, 6.45) is -1.58. The maximum atomic E-state index is 12.8. The Morgan fingerprint density at radius 2 is 1.95 bits per heavy atom. The molecule has 1 saturated carbocycles. The molecule has 0 heterocycles. The lowest BCUT2D eigenvalue weighted by atomic mass is 9.85. The van der Waals surface area contributed by atoms with Crippen LogP contribution in [-0.2, 0) is 11.0 Å². The second-order valence-corrected chi connectivity index (χ2v) is 5.16. The van der Waals surface area contributed by atoms with Crippen molar-refractivity contribution < 1.29 is 18.0 Å². The molecule has 0 aromatic heterocycles. The molecule has 1 aromatic carbocycles. The molecule has 2 rings (SSSR count). The van der Waals surface area contributed by atoms with E-state index in [1.54, 1.807) is 0 Å². The highest BCUT2D eigenvalue weighted by Crippen LogP contribution is 2.35. The largest absolute Gasteiger partial charge is 0.418 e. The number of nitrogens with one attached hydrogen (secondary N) is 1. The highest BCUT2D eigenvalue weighted by Gasteiger charge is 2.34. The molecule has 2 atom stereocenters. The van der Waals surface area contributed by atoms with E-state index < -0.39 is 11.7 Å². The number of amides is 1. The Kier molecular flexibility index (Phi) is 4.32. The van der Waals surface area contributed by atoms with Gasteiger partial charge in [-0.15, -0.1) is 0 Å². The molecule has 2 unspecified atom stereocenters. The molecule has 0 saturated heterocycles. The third-order valence-corrected chi connectivity index (χ3v) is 3.58. The van der Waals surface area contributed by atoms with Gasteiger partial charge in [-0.1, -0.05) is 18.6 Å². The Morgan fingerprint density at radius 3 is 2.60 bits per heavy atom. The number of carbonyl (C=O) groups excluding carboxylic acids is 1. The van der Waals surface area contributed by atoms with Crippen LogP contribution < -0.4 is 11.1 Å². The van der Waals surface area contributed by atoms with Gasteiger partial charge in [0.25, 0.3) is 0 Å². The highest BCUT2D eigenvalue weighted by atomic mass is 19.4. The van der Waals surface area contributed by atoms with Gasteiger partial charge >= 0.3 is 6.18 Å². The van der Waals surface area contributed by atoms with Crippen LogP contribution in [0, 0.1) is 5.92 Å². The van der Waals surface area contributed by atoms with Crippen molar-refractivity contribution in [3.05, 3.63) is 29.8 Å². The predicted molar refractivity (Wildman–Crippen MR) is 70.0 cm³/mol. The fourth-order valence-corrected chi connectivity index (χ4v) is 2.54. The summed E-state index contributed by atoms with van der Waals surface area (Å²) in [5, 5.41) is 2.39. The summed E-state index contributed by atoms with van der Waals surface area (Å²) >= 11 is 0. The normalized spacial score (nSPS) is 23.4. The molecular formula is C14H17F3N2O. The van der Waals surface area contributed by atoms with Crippen molar-refractivity contribution in [3.8, 4) is 0 Å². The molecule has 20 heavy (non-hydrogen) atoms. The van der Waals surface area contributed by atoms with E-state index in [0.29, 0.717) is 12.8 Å². The number of para-hydroxylation sites is 1. The van der Waals surface area contributed by atoms with E-state index >= 15 is 0 Å². The molecule has 1 fully saturated rings. The monoisotopic (exact) mass is 286 g/mol. The molecule has 0 spiro atoms. The zero-order valence-electron chi connectivity index (χ0n) is 10.9. The van der Waals surface area contributed by atoms with Gasteiger partial charge in [-0.25, -0.2) is 0 Å². The third-order valence-electron chi connectivity index (χ3n) is 3.58. The lowest BCUT2D eigenvalue weighted by molar-refractivity contribution is -0.137. The maximum absolute atomic E-state index is 12.8. The molecule has 0 bridgehead atoms. The van der Waals surface area contributed by atoms with Gasteiger partial charge in [-0.2, -0.15) is 13.2 Å². The van der Waals surface area contributed by atoms with E-state index in [2.05, 4.69) is 5.32 Å². The van der Waals surface area contributed by atoms with Gasteiger partial charge in [-0.3, -0.25) is 4.79 Å². The van der Waals surface area contributed by atoms with Crippen molar-refractivity contribution in [2.45, 2.75) is 37.9 Å². The maximum Gasteiger partial charge on any atom is 0.418 e. The molecule has 1 aromatic rings. The number of anilines is 1. The van der Waals surface area contributed by atoms with E-state index in [1.807, 2.05) is 0 Å². The second kappa shape index (κ2) is 5.83. The van der Waals surface area contributed by atoms with Gasteiger partial charge in [0.05, 0.1) is 11.3 Å². The first-order valence-electron chi connectivity index (χ1n) is 6.60. The zero-order chi connectivity index (χ0) is 14.8. The summed E-state index contributed by atoms with van der Waals surface area (Å²) < 4.78 is 38.5. The first-order valence-corrected chi connectivity index (χ1v) is 6.60. The van der Waals surface area contributed by atoms with Crippen molar-refractivity contribution in [1.29, 1.82) is 0 Å². The van der Waals surface area contributed by atoms with Crippen LogP contribution in [0.3, 0.4) is 0 Å². The molecular weight excluding hydrogens is 269 g/mol. The van der Waals surface area contributed by atoms with Crippen LogP contribution in [0.5, 0.6) is 0 Å². The Labute approximate surface area is 115 Å². The lowest BCUT2D eigenvalue weighted by Crippen LogP contribution is -2.34. The van der Waals surface area contributed by atoms with Crippen LogP contribution >= 0.6 is 0 Å². The average Bonchev–Trinajstić information content (AvgIpc) is 2.38. The highest BCUT2D eigenvalue weighted by molar-refractivity contribution is 5.93. The van der Waals surface area contributed by atoms with E-state index in [-0.39, 0.29) is 23.6 Å². The number of halogens is 3. The molecule has 0 aliphatic heterocycles. The Hall–Kier alpha value is -1.56. The van der Waals surface area contributed by atoms with Gasteiger partial charge in [0.2, 0.25) is 5.91 Å². The van der Waals surface area contributed by atoms with Gasteiger partial charge in [0.15, 0.2) is 0 Å². The van der Waals surface area contributed by atoms with Crippen molar-refractivity contribution in [1.82, 2.24) is 0 Å². The number of nitrogens with two attached hydrogens (primary N) is 1. The van der Waals surface area contributed by atoms with Gasteiger partial charge in [0, 0.05) is 12.0 Å². The molecule has 3 N–H and O–H groups in total. The first-order chi connectivity index (χ1) is 9.38. The molecule has 1 amide bonds. The molecule has 1 aliphatic rings. The summed E-state index contributed by atoms with van der Waals surface area (Å²) in [7, 11) is 0. The fraction of sp³-hybridized carbons (Fsp3) is 0.500. The summed E-state index contributed by atoms with van der Waals surface area (Å²) in [6.45, 7) is 0. The van der Waals surface area contributed by atoms with Gasteiger partial charge in [0.1, 0.15) is 0 Å². The SMILES string of the molecule is NC1CCCC(C(=O)Nc2ccccc2C(F)(F)F)C1. The Morgan fingerprint density at radius 1 is 1.25 bits per heavy atom. The van der Waals surface area contributed by atoms with Crippen LogP contribution in [0.25, 0.3) is 0 Å². The zero-order valence-corrected chi connectivity index (χ0v) is 10.9. The van der Waals surface area contributed by atoms with E-state index in [0.717, 1.165) is 18.9 Å².